The minimum absolute atomic E-state index is 0.156. The van der Waals surface area contributed by atoms with Gasteiger partial charge in [-0.15, -0.1) is 9.78 Å². The number of carbonyl (C=O) groups excluding carboxylic acids is 2. The Kier molecular flexibility index (Phi) is 11.5. The van der Waals surface area contributed by atoms with Gasteiger partial charge in [0.25, 0.3) is 6.29 Å². The third kappa shape index (κ3) is 9.96. The van der Waals surface area contributed by atoms with Gasteiger partial charge < -0.3 is 9.47 Å². The van der Waals surface area contributed by atoms with Gasteiger partial charge in [0.05, 0.1) is 40.5 Å². The molecule has 0 aromatic heterocycles. The molecular weight excluding hydrogens is 496 g/mol. The lowest BCUT2D eigenvalue weighted by molar-refractivity contribution is -0.427. The molecule has 2 aromatic carbocycles. The van der Waals surface area contributed by atoms with E-state index >= 15 is 0 Å². The van der Waals surface area contributed by atoms with Crippen molar-refractivity contribution < 1.29 is 38.6 Å². The topological polar surface area (TPSA) is 89.5 Å². The SMILES string of the molecule is CCOCCOCC(OOC(=O)c1ccc([Si](C)(C)C)cc1)OOC(=O)c1ccc([Si](C)(C)C)cc1. The molecule has 2 aromatic rings. The van der Waals surface area contributed by atoms with Gasteiger partial charge in [-0.1, -0.05) is 73.9 Å². The Morgan fingerprint density at radius 3 is 1.42 bits per heavy atom. The van der Waals surface area contributed by atoms with Crippen molar-refractivity contribution in [2.45, 2.75) is 52.5 Å². The summed E-state index contributed by atoms with van der Waals surface area (Å²) in [6.45, 7) is 16.2. The first kappa shape index (κ1) is 29.9. The summed E-state index contributed by atoms with van der Waals surface area (Å²) in [7, 11) is -2.98. The van der Waals surface area contributed by atoms with Crippen LogP contribution in [0.1, 0.15) is 27.6 Å². The normalized spacial score (nSPS) is 12.0. The standard InChI is InChI=1S/C26H38O8Si2/c1-8-29-17-18-30-19-24(31-33-25(27)20-9-13-22(14-10-20)35(2,3)4)32-34-26(28)21-11-15-23(16-12-21)36(5,6)7/h9-16,24H,8,17-19H2,1-7H3. The van der Waals surface area contributed by atoms with Gasteiger partial charge in [0.1, 0.15) is 6.61 Å². The van der Waals surface area contributed by atoms with Crippen LogP contribution in [0.4, 0.5) is 0 Å². The molecule has 0 aliphatic rings. The summed E-state index contributed by atoms with van der Waals surface area (Å²) in [5.41, 5.74) is 0.653. The summed E-state index contributed by atoms with van der Waals surface area (Å²) in [6.07, 6.45) is -1.29. The van der Waals surface area contributed by atoms with Crippen LogP contribution in [0.15, 0.2) is 48.5 Å². The molecule has 0 aliphatic heterocycles. The first-order valence-electron chi connectivity index (χ1n) is 12.0. The molecule has 36 heavy (non-hydrogen) atoms. The van der Waals surface area contributed by atoms with E-state index in [1.165, 1.54) is 10.4 Å². The second-order valence-corrected chi connectivity index (χ2v) is 20.4. The maximum Gasteiger partial charge on any atom is 0.373 e. The van der Waals surface area contributed by atoms with Crippen LogP contribution in [0.25, 0.3) is 0 Å². The molecule has 10 heteroatoms. The van der Waals surface area contributed by atoms with Crippen molar-refractivity contribution >= 4 is 38.5 Å². The van der Waals surface area contributed by atoms with E-state index in [9.17, 15) is 9.59 Å². The minimum Gasteiger partial charge on any atom is -0.379 e. The number of hydrogen-bond donors (Lipinski definition) is 0. The molecule has 0 saturated carbocycles. The summed E-state index contributed by atoms with van der Waals surface area (Å²) >= 11 is 0. The van der Waals surface area contributed by atoms with Crippen molar-refractivity contribution in [1.29, 1.82) is 0 Å². The van der Waals surface area contributed by atoms with E-state index in [-0.39, 0.29) is 13.2 Å². The highest BCUT2D eigenvalue weighted by atomic mass is 28.3. The van der Waals surface area contributed by atoms with Crippen molar-refractivity contribution in [3.63, 3.8) is 0 Å². The van der Waals surface area contributed by atoms with Crippen molar-refractivity contribution in [3.05, 3.63) is 59.7 Å². The monoisotopic (exact) mass is 534 g/mol. The number of rotatable bonds is 14. The maximum atomic E-state index is 12.4. The molecule has 8 nitrogen and oxygen atoms in total. The number of carbonyl (C=O) groups is 2. The van der Waals surface area contributed by atoms with E-state index in [1.54, 1.807) is 24.3 Å². The van der Waals surface area contributed by atoms with Crippen LogP contribution < -0.4 is 10.4 Å². The highest BCUT2D eigenvalue weighted by molar-refractivity contribution is 6.89. The van der Waals surface area contributed by atoms with Gasteiger partial charge in [-0.2, -0.15) is 0 Å². The van der Waals surface area contributed by atoms with Crippen LogP contribution in [-0.4, -0.2) is 60.8 Å². The van der Waals surface area contributed by atoms with E-state index in [1.807, 2.05) is 31.2 Å². The smallest absolute Gasteiger partial charge is 0.373 e. The molecule has 0 heterocycles. The van der Waals surface area contributed by atoms with Crippen molar-refractivity contribution in [2.75, 3.05) is 26.4 Å². The highest BCUT2D eigenvalue weighted by Crippen LogP contribution is 2.10. The largest absolute Gasteiger partial charge is 0.379 e. The maximum absolute atomic E-state index is 12.4. The molecular formula is C26H38O8Si2. The molecule has 0 saturated heterocycles. The molecule has 0 amide bonds. The van der Waals surface area contributed by atoms with Crippen LogP contribution in [0, 0.1) is 0 Å². The van der Waals surface area contributed by atoms with Gasteiger partial charge in [-0.05, 0) is 31.2 Å². The average molecular weight is 535 g/mol. The zero-order chi connectivity index (χ0) is 26.8. The molecule has 2 rings (SSSR count). The van der Waals surface area contributed by atoms with Gasteiger partial charge in [0.15, 0.2) is 0 Å². The van der Waals surface area contributed by atoms with E-state index in [0.29, 0.717) is 24.3 Å². The van der Waals surface area contributed by atoms with Gasteiger partial charge in [-0.25, -0.2) is 9.59 Å². The Morgan fingerprint density at radius 1 is 0.667 bits per heavy atom. The van der Waals surface area contributed by atoms with Crippen LogP contribution >= 0.6 is 0 Å². The highest BCUT2D eigenvalue weighted by Gasteiger charge is 2.22. The van der Waals surface area contributed by atoms with E-state index in [4.69, 9.17) is 29.0 Å². The Morgan fingerprint density at radius 2 is 1.06 bits per heavy atom. The van der Waals surface area contributed by atoms with Crippen molar-refractivity contribution in [2.24, 2.45) is 0 Å². The number of hydrogen-bond acceptors (Lipinski definition) is 8. The first-order valence-corrected chi connectivity index (χ1v) is 19.0. The first-order chi connectivity index (χ1) is 16.9. The second-order valence-electron chi connectivity index (χ2n) is 10.3. The molecule has 0 unspecified atom stereocenters. The third-order valence-corrected chi connectivity index (χ3v) is 9.40. The Bertz CT molecular complexity index is 890. The fraction of sp³-hybridized carbons (Fsp3) is 0.462. The average Bonchev–Trinajstić information content (AvgIpc) is 2.83. The molecule has 0 aliphatic carbocycles. The van der Waals surface area contributed by atoms with Crippen LogP contribution in [0.2, 0.25) is 39.3 Å². The molecule has 0 N–H and O–H groups in total. The fourth-order valence-electron chi connectivity index (χ4n) is 3.02. The summed E-state index contributed by atoms with van der Waals surface area (Å²) in [4.78, 5) is 45.0. The summed E-state index contributed by atoms with van der Waals surface area (Å²) in [5.74, 6) is -1.40. The lowest BCUT2D eigenvalue weighted by Crippen LogP contribution is -2.37. The lowest BCUT2D eigenvalue weighted by Gasteiger charge is -2.17. The van der Waals surface area contributed by atoms with E-state index in [0.717, 1.165) is 0 Å². The minimum atomic E-state index is -1.49. The molecule has 0 spiro atoms. The second kappa shape index (κ2) is 13.8. The van der Waals surface area contributed by atoms with Crippen LogP contribution in [-0.2, 0) is 29.0 Å². The zero-order valence-corrected chi connectivity index (χ0v) is 24.3. The predicted octanol–water partition coefficient (Wildman–Crippen LogP) is 4.03. The molecule has 0 fully saturated rings. The lowest BCUT2D eigenvalue weighted by atomic mass is 10.2. The Labute approximate surface area is 215 Å². The predicted molar refractivity (Wildman–Crippen MR) is 143 cm³/mol. The summed E-state index contributed by atoms with van der Waals surface area (Å²) in [5, 5.41) is 2.43. The van der Waals surface area contributed by atoms with Crippen LogP contribution in [0.5, 0.6) is 0 Å². The van der Waals surface area contributed by atoms with Gasteiger partial charge in [0, 0.05) is 6.61 Å². The molecule has 198 valence electrons. The van der Waals surface area contributed by atoms with E-state index < -0.39 is 34.4 Å². The Balaban J connectivity index is 1.96. The molecule has 0 radical (unpaired) electrons. The summed E-state index contributed by atoms with van der Waals surface area (Å²) in [6, 6.07) is 14.4. The quantitative estimate of drug-likeness (QED) is 0.118. The van der Waals surface area contributed by atoms with Gasteiger partial charge >= 0.3 is 11.9 Å². The number of ether oxygens (including phenoxy) is 2. The van der Waals surface area contributed by atoms with Gasteiger partial charge in [-0.3, -0.25) is 9.78 Å². The number of benzene rings is 2. The van der Waals surface area contributed by atoms with E-state index in [2.05, 4.69) is 39.3 Å². The van der Waals surface area contributed by atoms with Crippen LogP contribution in [0.3, 0.4) is 0 Å². The third-order valence-electron chi connectivity index (χ3n) is 5.27. The van der Waals surface area contributed by atoms with Crippen molar-refractivity contribution in [3.8, 4) is 0 Å². The molecule has 0 atom stereocenters. The zero-order valence-electron chi connectivity index (χ0n) is 22.3. The summed E-state index contributed by atoms with van der Waals surface area (Å²) < 4.78 is 10.7. The Hall–Kier alpha value is -2.35. The van der Waals surface area contributed by atoms with Gasteiger partial charge in [0.2, 0.25) is 0 Å². The molecule has 0 bridgehead atoms. The fourth-order valence-corrected chi connectivity index (χ4v) is 5.35. The van der Waals surface area contributed by atoms with Crippen molar-refractivity contribution in [1.82, 2.24) is 0 Å².